The smallest absolute Gasteiger partial charge is 0.233 e. The molecule has 1 saturated heterocycles. The number of nitrogens with one attached hydrogen (secondary N) is 1. The minimum absolute atomic E-state index is 0.291. The lowest BCUT2D eigenvalue weighted by Crippen LogP contribution is -3.23. The molecule has 7 rings (SSSR count). The maximum Gasteiger partial charge on any atom is 0.233 e. The molecule has 1 aromatic heterocycles. The first-order valence-electron chi connectivity index (χ1n) is 11.3. The van der Waals surface area contributed by atoms with Crippen LogP contribution in [0.15, 0.2) is 28.6 Å². The zero-order chi connectivity index (χ0) is 19.4. The van der Waals surface area contributed by atoms with E-state index in [9.17, 15) is 4.79 Å². The average Bonchev–Trinajstić information content (AvgIpc) is 3.14. The average molecular weight is 429 g/mol. The fourth-order valence-electron chi connectivity index (χ4n) is 7.23. The Morgan fingerprint density at radius 1 is 1.10 bits per heavy atom. The highest BCUT2D eigenvalue weighted by Gasteiger charge is 2.56. The Kier molecular flexibility index (Phi) is 4.66. The normalized spacial score (nSPS) is 34.2. The third-order valence-corrected chi connectivity index (χ3v) is 10.3. The lowest BCUT2D eigenvalue weighted by Gasteiger charge is -2.59. The van der Waals surface area contributed by atoms with E-state index in [1.807, 2.05) is 23.1 Å². The van der Waals surface area contributed by atoms with E-state index in [0.29, 0.717) is 17.2 Å². The van der Waals surface area contributed by atoms with E-state index in [-0.39, 0.29) is 0 Å². The number of carbonyl (C=O) groups excluding carboxylic acids is 1. The maximum absolute atomic E-state index is 12.8. The van der Waals surface area contributed by atoms with Crippen molar-refractivity contribution in [2.45, 2.75) is 48.4 Å². The van der Waals surface area contributed by atoms with Crippen molar-refractivity contribution in [3.8, 4) is 0 Å². The topological polar surface area (TPSA) is 37.6 Å². The first-order valence-corrected chi connectivity index (χ1v) is 13.1. The van der Waals surface area contributed by atoms with Crippen LogP contribution in [-0.4, -0.2) is 53.3 Å². The Morgan fingerprint density at radius 3 is 2.41 bits per heavy atom. The number of fused-ring (bicyclic) bond motifs is 1. The minimum Gasteiger partial charge on any atom is -0.331 e. The number of thioether (sulfide) groups is 1. The van der Waals surface area contributed by atoms with Crippen molar-refractivity contribution in [1.82, 2.24) is 9.88 Å². The van der Waals surface area contributed by atoms with Gasteiger partial charge in [0.1, 0.15) is 0 Å². The van der Waals surface area contributed by atoms with Gasteiger partial charge in [0, 0.05) is 19.3 Å². The van der Waals surface area contributed by atoms with Crippen molar-refractivity contribution in [3.63, 3.8) is 0 Å². The van der Waals surface area contributed by atoms with E-state index in [4.69, 9.17) is 0 Å². The van der Waals surface area contributed by atoms with Gasteiger partial charge in [0.2, 0.25) is 5.91 Å². The molecule has 5 aliphatic rings. The second-order valence-corrected chi connectivity index (χ2v) is 12.2. The summed E-state index contributed by atoms with van der Waals surface area (Å²) in [7, 11) is 0. The lowest BCUT2D eigenvalue weighted by molar-refractivity contribution is -0.962. The van der Waals surface area contributed by atoms with Gasteiger partial charge in [-0.15, -0.1) is 11.3 Å². The summed E-state index contributed by atoms with van der Waals surface area (Å²) in [4.78, 5) is 21.4. The highest BCUT2D eigenvalue weighted by atomic mass is 32.2. The summed E-state index contributed by atoms with van der Waals surface area (Å²) in [6.45, 7) is 4.19. The molecule has 0 spiro atoms. The molecule has 0 unspecified atom stereocenters. The Labute approximate surface area is 181 Å². The number of hydrogen-bond donors (Lipinski definition) is 1. The summed E-state index contributed by atoms with van der Waals surface area (Å²) in [5.41, 5.74) is 1.61. The molecule has 29 heavy (non-hydrogen) atoms. The van der Waals surface area contributed by atoms with Crippen LogP contribution in [0.3, 0.4) is 0 Å². The second-order valence-electron chi connectivity index (χ2n) is 9.92. The van der Waals surface area contributed by atoms with E-state index in [1.54, 1.807) is 23.1 Å². The number of benzene rings is 1. The Bertz CT molecular complexity index is 849. The summed E-state index contributed by atoms with van der Waals surface area (Å²) in [6, 6.07) is 8.22. The van der Waals surface area contributed by atoms with Crippen LogP contribution < -0.4 is 4.90 Å². The van der Waals surface area contributed by atoms with Gasteiger partial charge in [0.25, 0.3) is 0 Å². The third kappa shape index (κ3) is 3.41. The first kappa shape index (κ1) is 18.6. The van der Waals surface area contributed by atoms with Crippen molar-refractivity contribution in [2.24, 2.45) is 17.8 Å². The van der Waals surface area contributed by atoms with Crippen LogP contribution in [0.25, 0.3) is 10.2 Å². The molecular formula is C23H30N3OS2+. The fraction of sp³-hybridized carbons (Fsp3) is 0.652. The molecule has 1 N–H and O–H groups in total. The predicted molar refractivity (Wildman–Crippen MR) is 119 cm³/mol. The standard InChI is InChI=1S/C23H29N3OS2/c27-21(15-28-22-24-19-3-1-2-4-20(19)29-22)25-5-7-26(8-6-25)23-12-16-9-17(13-23)11-18(10-16)14-23/h1-4,16-18H,5-15H2/p+1. The quantitative estimate of drug-likeness (QED) is 0.761. The number of hydrogen-bond acceptors (Lipinski definition) is 4. The van der Waals surface area contributed by atoms with Crippen molar-refractivity contribution < 1.29 is 9.69 Å². The van der Waals surface area contributed by atoms with Crippen LogP contribution in [0.1, 0.15) is 38.5 Å². The Morgan fingerprint density at radius 2 is 1.76 bits per heavy atom. The van der Waals surface area contributed by atoms with Crippen molar-refractivity contribution in [2.75, 3.05) is 31.9 Å². The third-order valence-electron chi connectivity index (χ3n) is 8.10. The molecule has 4 saturated carbocycles. The van der Waals surface area contributed by atoms with Gasteiger partial charge in [-0.1, -0.05) is 23.9 Å². The fourth-order valence-corrected chi connectivity index (χ4v) is 9.20. The molecule has 4 nitrogen and oxygen atoms in total. The minimum atomic E-state index is 0.291. The molecule has 1 amide bonds. The van der Waals surface area contributed by atoms with Crippen LogP contribution >= 0.6 is 23.1 Å². The molecular weight excluding hydrogens is 398 g/mol. The number of quaternary nitrogens is 1. The van der Waals surface area contributed by atoms with Crippen molar-refractivity contribution in [3.05, 3.63) is 24.3 Å². The van der Waals surface area contributed by atoms with E-state index >= 15 is 0 Å². The molecule has 4 aliphatic carbocycles. The van der Waals surface area contributed by atoms with Gasteiger partial charge in [0.05, 0.1) is 47.7 Å². The number of rotatable bonds is 4. The van der Waals surface area contributed by atoms with Crippen LogP contribution in [0.4, 0.5) is 0 Å². The maximum atomic E-state index is 12.8. The zero-order valence-corrected chi connectivity index (χ0v) is 18.6. The number of piperazine rings is 1. The van der Waals surface area contributed by atoms with Crippen LogP contribution in [-0.2, 0) is 4.79 Å². The number of amides is 1. The Balaban J connectivity index is 1.05. The van der Waals surface area contributed by atoms with E-state index in [0.717, 1.165) is 53.8 Å². The summed E-state index contributed by atoms with van der Waals surface area (Å²) in [6.07, 6.45) is 8.95. The summed E-state index contributed by atoms with van der Waals surface area (Å²) in [5.74, 6) is 3.85. The summed E-state index contributed by atoms with van der Waals surface area (Å²) >= 11 is 3.30. The van der Waals surface area contributed by atoms with Gasteiger partial charge < -0.3 is 9.80 Å². The van der Waals surface area contributed by atoms with Crippen LogP contribution in [0.5, 0.6) is 0 Å². The number of aromatic nitrogens is 1. The summed E-state index contributed by atoms with van der Waals surface area (Å²) < 4.78 is 2.22. The Hall–Kier alpha value is -1.11. The van der Waals surface area contributed by atoms with Gasteiger partial charge in [-0.3, -0.25) is 4.79 Å². The summed E-state index contributed by atoms with van der Waals surface area (Å²) in [5, 5.41) is 0. The number of nitrogens with zero attached hydrogens (tertiary/aromatic N) is 2. The molecule has 154 valence electrons. The van der Waals surface area contributed by atoms with Gasteiger partial charge >= 0.3 is 0 Å². The van der Waals surface area contributed by atoms with Crippen LogP contribution in [0.2, 0.25) is 0 Å². The molecule has 2 aromatic rings. The number of thiazole rings is 1. The predicted octanol–water partition coefficient (Wildman–Crippen LogP) is 3.08. The van der Waals surface area contributed by atoms with Gasteiger partial charge in [-0.05, 0) is 49.1 Å². The molecule has 4 bridgehead atoms. The van der Waals surface area contributed by atoms with E-state index < -0.39 is 0 Å². The van der Waals surface area contributed by atoms with Gasteiger partial charge in [-0.2, -0.15) is 0 Å². The number of para-hydroxylation sites is 1. The largest absolute Gasteiger partial charge is 0.331 e. The van der Waals surface area contributed by atoms with Crippen molar-refractivity contribution >= 4 is 39.2 Å². The van der Waals surface area contributed by atoms with Gasteiger partial charge in [-0.25, -0.2) is 4.98 Å². The molecule has 0 atom stereocenters. The monoisotopic (exact) mass is 428 g/mol. The molecule has 1 aliphatic heterocycles. The van der Waals surface area contributed by atoms with Crippen LogP contribution in [0, 0.1) is 17.8 Å². The van der Waals surface area contributed by atoms with E-state index in [1.165, 1.54) is 43.2 Å². The first-order chi connectivity index (χ1) is 14.2. The van der Waals surface area contributed by atoms with Gasteiger partial charge in [0.15, 0.2) is 4.34 Å². The van der Waals surface area contributed by atoms with Crippen molar-refractivity contribution in [1.29, 1.82) is 0 Å². The lowest BCUT2D eigenvalue weighted by atomic mass is 9.52. The molecule has 0 radical (unpaired) electrons. The highest BCUT2D eigenvalue weighted by Crippen LogP contribution is 2.54. The highest BCUT2D eigenvalue weighted by molar-refractivity contribution is 8.01. The SMILES string of the molecule is O=C(CSc1nc2ccccc2s1)N1CC[NH+](C23CC4CC(CC(C4)C2)C3)CC1. The number of carbonyl (C=O) groups is 1. The molecule has 6 heteroatoms. The zero-order valence-electron chi connectivity index (χ0n) is 16.9. The second kappa shape index (κ2) is 7.24. The van der Waals surface area contributed by atoms with E-state index in [2.05, 4.69) is 16.0 Å². The molecule has 5 fully saturated rings. The molecule has 1 aromatic carbocycles. The molecule has 2 heterocycles.